The van der Waals surface area contributed by atoms with Crippen molar-refractivity contribution in [2.24, 2.45) is 5.84 Å². The lowest BCUT2D eigenvalue weighted by molar-refractivity contribution is 0.628. The number of aromatic nitrogens is 2. The van der Waals surface area contributed by atoms with Gasteiger partial charge in [0, 0.05) is 17.0 Å². The van der Waals surface area contributed by atoms with Gasteiger partial charge in [-0.1, -0.05) is 6.92 Å². The predicted molar refractivity (Wildman–Crippen MR) is 76.6 cm³/mol. The van der Waals surface area contributed by atoms with Crippen molar-refractivity contribution in [1.29, 1.82) is 0 Å². The van der Waals surface area contributed by atoms with Gasteiger partial charge >= 0.3 is 0 Å². The number of rotatable bonds is 4. The first-order valence-electron chi connectivity index (χ1n) is 5.69. The minimum Gasteiger partial charge on any atom is -0.339 e. The molecule has 0 bridgehead atoms. The summed E-state index contributed by atoms with van der Waals surface area (Å²) in [4.78, 5) is 8.48. The Kier molecular flexibility index (Phi) is 4.28. The number of nitrogens with two attached hydrogens (primary N) is 1. The normalized spacial score (nSPS) is 10.3. The minimum atomic E-state index is -0.326. The molecule has 0 amide bonds. The number of hydrogen-bond donors (Lipinski definition) is 3. The molecule has 0 spiro atoms. The summed E-state index contributed by atoms with van der Waals surface area (Å²) in [5, 5.41) is 3.03. The summed E-state index contributed by atoms with van der Waals surface area (Å²) >= 11 is 3.35. The highest BCUT2D eigenvalue weighted by Crippen LogP contribution is 2.26. The highest BCUT2D eigenvalue weighted by molar-refractivity contribution is 9.10. The highest BCUT2D eigenvalue weighted by Gasteiger charge is 2.06. The lowest BCUT2D eigenvalue weighted by Crippen LogP contribution is -2.11. The molecular weight excluding hydrogens is 313 g/mol. The van der Waals surface area contributed by atoms with Crippen LogP contribution in [0.1, 0.15) is 12.7 Å². The summed E-state index contributed by atoms with van der Waals surface area (Å²) in [5.74, 6) is 6.72. The molecule has 2 rings (SSSR count). The van der Waals surface area contributed by atoms with Crippen molar-refractivity contribution in [3.63, 3.8) is 0 Å². The maximum atomic E-state index is 13.2. The molecule has 1 heterocycles. The van der Waals surface area contributed by atoms with Gasteiger partial charge in [0.05, 0.1) is 5.69 Å². The van der Waals surface area contributed by atoms with Gasteiger partial charge in [-0.3, -0.25) is 0 Å². The molecule has 0 aliphatic rings. The molecule has 100 valence electrons. The third-order valence-electron chi connectivity index (χ3n) is 2.43. The van der Waals surface area contributed by atoms with E-state index >= 15 is 0 Å². The molecule has 0 aliphatic carbocycles. The van der Waals surface area contributed by atoms with E-state index in [1.54, 1.807) is 12.1 Å². The average molecular weight is 326 g/mol. The van der Waals surface area contributed by atoms with Gasteiger partial charge in [0.2, 0.25) is 0 Å². The monoisotopic (exact) mass is 325 g/mol. The van der Waals surface area contributed by atoms with Crippen LogP contribution in [0.5, 0.6) is 0 Å². The van der Waals surface area contributed by atoms with Crippen LogP contribution in [0.15, 0.2) is 28.7 Å². The van der Waals surface area contributed by atoms with Crippen molar-refractivity contribution in [2.75, 3.05) is 10.7 Å². The maximum Gasteiger partial charge on any atom is 0.145 e. The number of nitrogens with one attached hydrogen (secondary N) is 2. The lowest BCUT2D eigenvalue weighted by atomic mass is 10.3. The number of hydrazine groups is 1. The Morgan fingerprint density at radius 1 is 1.26 bits per heavy atom. The third-order valence-corrected chi connectivity index (χ3v) is 3.12. The van der Waals surface area contributed by atoms with E-state index in [4.69, 9.17) is 5.84 Å². The highest BCUT2D eigenvalue weighted by atomic mass is 79.9. The van der Waals surface area contributed by atoms with Crippen LogP contribution in [0.4, 0.5) is 21.7 Å². The van der Waals surface area contributed by atoms with Gasteiger partial charge in [0.15, 0.2) is 0 Å². The Balaban J connectivity index is 2.34. The number of nitrogen functional groups attached to an aromatic ring is 1. The van der Waals surface area contributed by atoms with Crippen molar-refractivity contribution in [1.82, 2.24) is 9.97 Å². The third kappa shape index (κ3) is 3.39. The molecule has 2 aromatic rings. The van der Waals surface area contributed by atoms with Gasteiger partial charge in [0.1, 0.15) is 23.3 Å². The number of anilines is 3. The molecule has 7 heteroatoms. The molecule has 1 aromatic heterocycles. The van der Waals surface area contributed by atoms with Crippen molar-refractivity contribution >= 4 is 33.3 Å². The zero-order chi connectivity index (χ0) is 13.8. The maximum absolute atomic E-state index is 13.2. The van der Waals surface area contributed by atoms with Crippen molar-refractivity contribution in [3.8, 4) is 0 Å². The Morgan fingerprint density at radius 3 is 2.68 bits per heavy atom. The van der Waals surface area contributed by atoms with E-state index in [0.29, 0.717) is 29.6 Å². The molecule has 19 heavy (non-hydrogen) atoms. The van der Waals surface area contributed by atoms with Crippen LogP contribution in [0.25, 0.3) is 0 Å². The molecule has 4 N–H and O–H groups in total. The number of aryl methyl sites for hydroxylation is 1. The van der Waals surface area contributed by atoms with E-state index in [9.17, 15) is 4.39 Å². The molecule has 0 saturated carbocycles. The first-order valence-corrected chi connectivity index (χ1v) is 6.48. The van der Waals surface area contributed by atoms with E-state index in [-0.39, 0.29) is 5.82 Å². The lowest BCUT2D eigenvalue weighted by Gasteiger charge is -2.10. The predicted octanol–water partition coefficient (Wildman–Crippen LogP) is 2.97. The van der Waals surface area contributed by atoms with Gasteiger partial charge in [-0.15, -0.1) is 0 Å². The smallest absolute Gasteiger partial charge is 0.145 e. The zero-order valence-corrected chi connectivity index (χ0v) is 11.8. The standard InChI is InChI=1S/C12H13BrFN5/c1-2-10-17-11(6-12(18-10)19-15)16-9-5-7(14)3-4-8(9)13/h3-6H,2,15H2,1H3,(H2,16,17,18,19). The van der Waals surface area contributed by atoms with Gasteiger partial charge in [-0.25, -0.2) is 20.2 Å². The fourth-order valence-corrected chi connectivity index (χ4v) is 1.87. The molecule has 0 atom stereocenters. The Morgan fingerprint density at radius 2 is 2.00 bits per heavy atom. The van der Waals surface area contributed by atoms with Gasteiger partial charge in [-0.05, 0) is 34.1 Å². The minimum absolute atomic E-state index is 0.326. The van der Waals surface area contributed by atoms with Gasteiger partial charge in [-0.2, -0.15) is 0 Å². The molecule has 1 aromatic carbocycles. The number of nitrogens with zero attached hydrogens (tertiary/aromatic N) is 2. The van der Waals surface area contributed by atoms with E-state index in [1.807, 2.05) is 6.92 Å². The van der Waals surface area contributed by atoms with E-state index in [0.717, 1.165) is 4.47 Å². The molecule has 0 radical (unpaired) electrons. The van der Waals surface area contributed by atoms with Gasteiger partial charge in [0.25, 0.3) is 0 Å². The summed E-state index contributed by atoms with van der Waals surface area (Å²) in [6, 6.07) is 6.03. The summed E-state index contributed by atoms with van der Waals surface area (Å²) in [6.07, 6.45) is 0.675. The van der Waals surface area contributed by atoms with Crippen molar-refractivity contribution in [3.05, 3.63) is 40.4 Å². The first kappa shape index (κ1) is 13.7. The van der Waals surface area contributed by atoms with Crippen LogP contribution < -0.4 is 16.6 Å². The van der Waals surface area contributed by atoms with Crippen LogP contribution in [0.2, 0.25) is 0 Å². The average Bonchev–Trinajstić information content (AvgIpc) is 2.42. The summed E-state index contributed by atoms with van der Waals surface area (Å²) in [7, 11) is 0. The second-order valence-corrected chi connectivity index (χ2v) is 4.66. The largest absolute Gasteiger partial charge is 0.339 e. The Hall–Kier alpha value is -1.73. The second-order valence-electron chi connectivity index (χ2n) is 3.80. The zero-order valence-electron chi connectivity index (χ0n) is 10.2. The fourth-order valence-electron chi connectivity index (χ4n) is 1.52. The topological polar surface area (TPSA) is 75.9 Å². The summed E-state index contributed by atoms with van der Waals surface area (Å²) < 4.78 is 14.0. The van der Waals surface area contributed by atoms with Gasteiger partial charge < -0.3 is 10.7 Å². The molecule has 0 unspecified atom stereocenters. The molecular formula is C12H13BrFN5. The second kappa shape index (κ2) is 5.94. The van der Waals surface area contributed by atoms with Crippen LogP contribution >= 0.6 is 15.9 Å². The van der Waals surface area contributed by atoms with Crippen LogP contribution in [0.3, 0.4) is 0 Å². The number of hydrogen-bond acceptors (Lipinski definition) is 5. The number of halogens is 2. The molecule has 0 fully saturated rings. The summed E-state index contributed by atoms with van der Waals surface area (Å²) in [6.45, 7) is 1.94. The Bertz CT molecular complexity index is 568. The fraction of sp³-hybridized carbons (Fsp3) is 0.167. The number of benzene rings is 1. The summed E-state index contributed by atoms with van der Waals surface area (Å²) in [5.41, 5.74) is 3.06. The first-order chi connectivity index (χ1) is 9.12. The van der Waals surface area contributed by atoms with Crippen molar-refractivity contribution in [2.45, 2.75) is 13.3 Å². The molecule has 0 aliphatic heterocycles. The van der Waals surface area contributed by atoms with Crippen molar-refractivity contribution < 1.29 is 4.39 Å². The van der Waals surface area contributed by atoms with E-state index in [1.165, 1.54) is 12.1 Å². The van der Waals surface area contributed by atoms with Crippen LogP contribution in [0, 0.1) is 5.82 Å². The Labute approximate surface area is 118 Å². The van der Waals surface area contributed by atoms with Crippen LogP contribution in [-0.4, -0.2) is 9.97 Å². The molecule has 0 saturated heterocycles. The molecule has 5 nitrogen and oxygen atoms in total. The van der Waals surface area contributed by atoms with E-state index < -0.39 is 0 Å². The van der Waals surface area contributed by atoms with E-state index in [2.05, 4.69) is 36.6 Å². The van der Waals surface area contributed by atoms with Crippen LogP contribution in [-0.2, 0) is 6.42 Å². The SMILES string of the molecule is CCc1nc(NN)cc(Nc2cc(F)ccc2Br)n1. The quantitative estimate of drug-likeness (QED) is 0.595.